The van der Waals surface area contributed by atoms with Crippen LogP contribution in [-0.2, 0) is 9.59 Å². The number of rotatable bonds is 4. The fourth-order valence-electron chi connectivity index (χ4n) is 1.70. The van der Waals surface area contributed by atoms with Gasteiger partial charge in [0.2, 0.25) is 5.91 Å². The maximum Gasteiger partial charge on any atom is 0.303 e. The van der Waals surface area contributed by atoms with Crippen LogP contribution in [0.15, 0.2) is 18.2 Å². The van der Waals surface area contributed by atoms with Crippen molar-refractivity contribution in [2.75, 3.05) is 11.9 Å². The lowest BCUT2D eigenvalue weighted by molar-refractivity contribution is -0.138. The van der Waals surface area contributed by atoms with Gasteiger partial charge >= 0.3 is 5.97 Å². The molecule has 0 unspecified atom stereocenters. The van der Waals surface area contributed by atoms with E-state index >= 15 is 0 Å². The van der Waals surface area contributed by atoms with Gasteiger partial charge in [0.15, 0.2) is 0 Å². The predicted molar refractivity (Wildman–Crippen MR) is 66.2 cm³/mol. The number of hydrogen-bond acceptors (Lipinski definition) is 2. The first-order chi connectivity index (χ1) is 7.91. The number of carboxylic acids is 1. The van der Waals surface area contributed by atoms with Gasteiger partial charge in [-0.2, -0.15) is 0 Å². The van der Waals surface area contributed by atoms with E-state index in [0.29, 0.717) is 0 Å². The van der Waals surface area contributed by atoms with Crippen molar-refractivity contribution in [1.82, 2.24) is 0 Å². The maximum absolute atomic E-state index is 11.7. The summed E-state index contributed by atoms with van der Waals surface area (Å²) in [4.78, 5) is 23.7. The molecule has 1 aromatic rings. The second-order valence-corrected chi connectivity index (χ2v) is 4.14. The van der Waals surface area contributed by atoms with Gasteiger partial charge in [-0.1, -0.05) is 17.7 Å². The van der Waals surface area contributed by atoms with Crippen molar-refractivity contribution in [3.63, 3.8) is 0 Å². The van der Waals surface area contributed by atoms with Crippen LogP contribution in [0.5, 0.6) is 0 Å². The van der Waals surface area contributed by atoms with E-state index in [9.17, 15) is 9.59 Å². The average Bonchev–Trinajstić information content (AvgIpc) is 2.25. The fourth-order valence-corrected chi connectivity index (χ4v) is 1.70. The minimum Gasteiger partial charge on any atom is -0.481 e. The monoisotopic (exact) mass is 235 g/mol. The SMILES string of the molecule is Cc1ccc(N(C)C(=O)CCC(=O)O)c(C)c1. The smallest absolute Gasteiger partial charge is 0.303 e. The number of benzene rings is 1. The number of aryl methyl sites for hydroxylation is 2. The van der Waals surface area contributed by atoms with Crippen molar-refractivity contribution in [1.29, 1.82) is 0 Å². The molecule has 0 saturated carbocycles. The molecule has 0 bridgehead atoms. The Bertz CT molecular complexity index is 440. The first-order valence-electron chi connectivity index (χ1n) is 5.47. The van der Waals surface area contributed by atoms with Crippen LogP contribution in [-0.4, -0.2) is 24.0 Å². The summed E-state index contributed by atoms with van der Waals surface area (Å²) in [6.45, 7) is 3.92. The van der Waals surface area contributed by atoms with E-state index in [1.807, 2.05) is 32.0 Å². The standard InChI is InChI=1S/C13H17NO3/c1-9-4-5-11(10(2)8-9)14(3)12(15)6-7-13(16)17/h4-5,8H,6-7H2,1-3H3,(H,16,17). The number of amides is 1. The minimum absolute atomic E-state index is 0.0269. The van der Waals surface area contributed by atoms with Gasteiger partial charge in [0.1, 0.15) is 0 Å². The van der Waals surface area contributed by atoms with Gasteiger partial charge in [0, 0.05) is 19.2 Å². The van der Waals surface area contributed by atoms with Crippen LogP contribution >= 0.6 is 0 Å². The van der Waals surface area contributed by atoms with E-state index in [1.54, 1.807) is 7.05 Å². The minimum atomic E-state index is -0.952. The Labute approximate surface area is 101 Å². The van der Waals surface area contributed by atoms with Crippen molar-refractivity contribution in [2.24, 2.45) is 0 Å². The summed E-state index contributed by atoms with van der Waals surface area (Å²) in [5, 5.41) is 8.53. The zero-order chi connectivity index (χ0) is 13.0. The number of carbonyl (C=O) groups is 2. The quantitative estimate of drug-likeness (QED) is 0.869. The summed E-state index contributed by atoms with van der Waals surface area (Å²) in [5.74, 6) is -1.13. The van der Waals surface area contributed by atoms with Gasteiger partial charge in [0.05, 0.1) is 6.42 Å². The lowest BCUT2D eigenvalue weighted by Crippen LogP contribution is -2.27. The normalized spacial score (nSPS) is 10.1. The molecule has 0 aromatic heterocycles. The van der Waals surface area contributed by atoms with Crippen molar-refractivity contribution in [3.05, 3.63) is 29.3 Å². The third-order valence-electron chi connectivity index (χ3n) is 2.64. The highest BCUT2D eigenvalue weighted by Gasteiger charge is 2.14. The second-order valence-electron chi connectivity index (χ2n) is 4.14. The molecule has 17 heavy (non-hydrogen) atoms. The van der Waals surface area contributed by atoms with Gasteiger partial charge < -0.3 is 10.0 Å². The van der Waals surface area contributed by atoms with Crippen LogP contribution in [0.4, 0.5) is 5.69 Å². The number of carboxylic acid groups (broad SMARTS) is 1. The molecular formula is C13H17NO3. The second kappa shape index (κ2) is 5.48. The van der Waals surface area contributed by atoms with Crippen molar-refractivity contribution in [2.45, 2.75) is 26.7 Å². The summed E-state index contributed by atoms with van der Waals surface area (Å²) >= 11 is 0. The molecule has 92 valence electrons. The van der Waals surface area contributed by atoms with E-state index in [0.717, 1.165) is 16.8 Å². The number of hydrogen-bond donors (Lipinski definition) is 1. The Morgan fingerprint density at radius 3 is 2.41 bits per heavy atom. The lowest BCUT2D eigenvalue weighted by atomic mass is 10.1. The number of nitrogens with zero attached hydrogens (tertiary/aromatic N) is 1. The third kappa shape index (κ3) is 3.59. The Kier molecular flexibility index (Phi) is 4.26. The summed E-state index contributed by atoms with van der Waals surface area (Å²) in [5.41, 5.74) is 2.97. The summed E-state index contributed by atoms with van der Waals surface area (Å²) < 4.78 is 0. The molecule has 0 saturated heterocycles. The molecule has 1 rings (SSSR count). The van der Waals surface area contributed by atoms with Crippen molar-refractivity contribution in [3.8, 4) is 0 Å². The van der Waals surface area contributed by atoms with E-state index < -0.39 is 5.97 Å². The van der Waals surface area contributed by atoms with Crippen LogP contribution in [0.25, 0.3) is 0 Å². The largest absolute Gasteiger partial charge is 0.481 e. The molecule has 0 aliphatic carbocycles. The van der Waals surface area contributed by atoms with Gasteiger partial charge in [-0.05, 0) is 25.5 Å². The van der Waals surface area contributed by atoms with Gasteiger partial charge in [-0.15, -0.1) is 0 Å². The zero-order valence-electron chi connectivity index (χ0n) is 10.4. The molecule has 4 heteroatoms. The predicted octanol–water partition coefficient (Wildman–Crippen LogP) is 2.13. The van der Waals surface area contributed by atoms with Crippen LogP contribution in [0.2, 0.25) is 0 Å². The Morgan fingerprint density at radius 2 is 1.88 bits per heavy atom. The summed E-state index contributed by atoms with van der Waals surface area (Å²) in [6, 6.07) is 5.81. The highest BCUT2D eigenvalue weighted by atomic mass is 16.4. The maximum atomic E-state index is 11.7. The summed E-state index contributed by atoms with van der Waals surface area (Å²) in [7, 11) is 1.67. The summed E-state index contributed by atoms with van der Waals surface area (Å²) in [6.07, 6.45) is -0.104. The van der Waals surface area contributed by atoms with Gasteiger partial charge in [0.25, 0.3) is 0 Å². The Hall–Kier alpha value is -1.84. The molecule has 0 atom stereocenters. The highest BCUT2D eigenvalue weighted by Crippen LogP contribution is 2.20. The zero-order valence-corrected chi connectivity index (χ0v) is 10.4. The molecule has 0 fully saturated rings. The first-order valence-corrected chi connectivity index (χ1v) is 5.47. The highest BCUT2D eigenvalue weighted by molar-refractivity contribution is 5.94. The Morgan fingerprint density at radius 1 is 1.24 bits per heavy atom. The van der Waals surface area contributed by atoms with E-state index in [4.69, 9.17) is 5.11 Å². The average molecular weight is 235 g/mol. The molecule has 0 spiro atoms. The molecule has 0 aliphatic heterocycles. The topological polar surface area (TPSA) is 57.6 Å². The van der Waals surface area contributed by atoms with Crippen molar-refractivity contribution >= 4 is 17.6 Å². The van der Waals surface area contributed by atoms with Crippen LogP contribution < -0.4 is 4.90 Å². The molecule has 4 nitrogen and oxygen atoms in total. The van der Waals surface area contributed by atoms with Gasteiger partial charge in [-0.3, -0.25) is 9.59 Å². The van der Waals surface area contributed by atoms with Crippen LogP contribution in [0, 0.1) is 13.8 Å². The Balaban J connectivity index is 2.78. The molecule has 1 amide bonds. The molecule has 1 N–H and O–H groups in total. The van der Waals surface area contributed by atoms with E-state index in [1.165, 1.54) is 4.90 Å². The van der Waals surface area contributed by atoms with E-state index in [-0.39, 0.29) is 18.7 Å². The van der Waals surface area contributed by atoms with E-state index in [2.05, 4.69) is 0 Å². The fraction of sp³-hybridized carbons (Fsp3) is 0.385. The van der Waals surface area contributed by atoms with Crippen molar-refractivity contribution < 1.29 is 14.7 Å². The molecular weight excluding hydrogens is 218 g/mol. The lowest BCUT2D eigenvalue weighted by Gasteiger charge is -2.19. The molecule has 1 aromatic carbocycles. The van der Waals surface area contributed by atoms with Gasteiger partial charge in [-0.25, -0.2) is 0 Å². The third-order valence-corrected chi connectivity index (χ3v) is 2.64. The number of aliphatic carboxylic acids is 1. The number of anilines is 1. The first kappa shape index (κ1) is 13.2. The molecule has 0 radical (unpaired) electrons. The van der Waals surface area contributed by atoms with Crippen LogP contribution in [0.3, 0.4) is 0 Å². The van der Waals surface area contributed by atoms with Crippen LogP contribution in [0.1, 0.15) is 24.0 Å². The molecule has 0 heterocycles. The number of carbonyl (C=O) groups excluding carboxylic acids is 1. The molecule has 0 aliphatic rings.